The van der Waals surface area contributed by atoms with Crippen molar-refractivity contribution in [2.45, 2.75) is 6.92 Å². The summed E-state index contributed by atoms with van der Waals surface area (Å²) in [6.07, 6.45) is 0. The third kappa shape index (κ3) is 3.75. The summed E-state index contributed by atoms with van der Waals surface area (Å²) in [6.45, 7) is 1.63. The third-order valence-corrected chi connectivity index (χ3v) is 2.77. The first kappa shape index (κ1) is 13.9. The van der Waals surface area contributed by atoms with Gasteiger partial charge in [-0.3, -0.25) is 4.79 Å². The molecule has 0 bridgehead atoms. The molecule has 0 saturated carbocycles. The maximum Gasteiger partial charge on any atom is 0.230 e. The van der Waals surface area contributed by atoms with Gasteiger partial charge in [-0.15, -0.1) is 0 Å². The van der Waals surface area contributed by atoms with Crippen LogP contribution < -0.4 is 14.2 Å². The fraction of sp³-hybridized carbons (Fsp3) is 0.188. The summed E-state index contributed by atoms with van der Waals surface area (Å²) < 4.78 is 15.9. The van der Waals surface area contributed by atoms with E-state index in [1.54, 1.807) is 43.5 Å². The van der Waals surface area contributed by atoms with Crippen molar-refractivity contribution < 1.29 is 19.0 Å². The van der Waals surface area contributed by atoms with E-state index in [1.165, 1.54) is 6.92 Å². The Kier molecular flexibility index (Phi) is 4.60. The Balaban J connectivity index is 1.84. The van der Waals surface area contributed by atoms with Gasteiger partial charge in [0, 0.05) is 5.56 Å². The van der Waals surface area contributed by atoms with E-state index < -0.39 is 0 Å². The summed E-state index contributed by atoms with van der Waals surface area (Å²) in [5, 5.41) is 0. The normalized spacial score (nSPS) is 9.90. The Morgan fingerprint density at radius 3 is 1.75 bits per heavy atom. The SMILES string of the molecule is COc1ccc(OCOc2ccc(C(C)=O)cc2)cc1. The molecule has 0 aliphatic carbocycles. The van der Waals surface area contributed by atoms with Crippen molar-refractivity contribution >= 4 is 5.78 Å². The number of hydrogen-bond acceptors (Lipinski definition) is 4. The molecule has 2 aromatic rings. The van der Waals surface area contributed by atoms with E-state index in [2.05, 4.69) is 0 Å². The highest BCUT2D eigenvalue weighted by Gasteiger charge is 2.00. The highest BCUT2D eigenvalue weighted by atomic mass is 16.7. The molecule has 0 radical (unpaired) electrons. The van der Waals surface area contributed by atoms with Crippen molar-refractivity contribution in [3.8, 4) is 17.2 Å². The molecular formula is C16H16O4. The molecule has 0 spiro atoms. The molecule has 4 heteroatoms. The Morgan fingerprint density at radius 2 is 1.30 bits per heavy atom. The van der Waals surface area contributed by atoms with Gasteiger partial charge in [0.05, 0.1) is 7.11 Å². The molecule has 0 atom stereocenters. The number of hydrogen-bond donors (Lipinski definition) is 0. The molecule has 0 heterocycles. The monoisotopic (exact) mass is 272 g/mol. The van der Waals surface area contributed by atoms with Crippen LogP contribution in [0.15, 0.2) is 48.5 Å². The number of ether oxygens (including phenoxy) is 3. The molecule has 0 amide bonds. The van der Waals surface area contributed by atoms with Crippen LogP contribution in [0.5, 0.6) is 17.2 Å². The van der Waals surface area contributed by atoms with E-state index in [9.17, 15) is 4.79 Å². The Hall–Kier alpha value is -2.49. The zero-order valence-corrected chi connectivity index (χ0v) is 11.5. The molecule has 0 aliphatic heterocycles. The van der Waals surface area contributed by atoms with Gasteiger partial charge < -0.3 is 14.2 Å². The third-order valence-electron chi connectivity index (χ3n) is 2.77. The van der Waals surface area contributed by atoms with Crippen LogP contribution in [-0.2, 0) is 0 Å². The van der Waals surface area contributed by atoms with Crippen LogP contribution in [0.4, 0.5) is 0 Å². The van der Waals surface area contributed by atoms with E-state index in [-0.39, 0.29) is 12.6 Å². The number of rotatable bonds is 6. The van der Waals surface area contributed by atoms with Gasteiger partial charge in [0.25, 0.3) is 0 Å². The van der Waals surface area contributed by atoms with Gasteiger partial charge in [0.1, 0.15) is 17.2 Å². The van der Waals surface area contributed by atoms with Crippen molar-refractivity contribution in [3.63, 3.8) is 0 Å². The molecule has 0 aromatic heterocycles. The highest BCUT2D eigenvalue weighted by Crippen LogP contribution is 2.18. The number of methoxy groups -OCH3 is 1. The average molecular weight is 272 g/mol. The van der Waals surface area contributed by atoms with Crippen LogP contribution in [-0.4, -0.2) is 19.7 Å². The minimum Gasteiger partial charge on any atom is -0.497 e. The van der Waals surface area contributed by atoms with E-state index in [4.69, 9.17) is 14.2 Å². The zero-order valence-electron chi connectivity index (χ0n) is 11.5. The minimum absolute atomic E-state index is 0.0334. The smallest absolute Gasteiger partial charge is 0.230 e. The number of carbonyl (C=O) groups is 1. The summed E-state index contributed by atoms with van der Waals surface area (Å²) in [6, 6.07) is 14.2. The van der Waals surface area contributed by atoms with Gasteiger partial charge in [-0.25, -0.2) is 0 Å². The standard InChI is InChI=1S/C16H16O4/c1-12(17)13-3-5-15(6-4-13)19-11-20-16-9-7-14(18-2)8-10-16/h3-10H,11H2,1-2H3. The maximum absolute atomic E-state index is 11.1. The molecule has 0 fully saturated rings. The van der Waals surface area contributed by atoms with Crippen molar-refractivity contribution in [2.75, 3.05) is 13.9 Å². The fourth-order valence-electron chi connectivity index (χ4n) is 1.62. The molecule has 20 heavy (non-hydrogen) atoms. The number of ketones is 1. The van der Waals surface area contributed by atoms with Gasteiger partial charge >= 0.3 is 0 Å². The number of carbonyl (C=O) groups excluding carboxylic acids is 1. The molecule has 4 nitrogen and oxygen atoms in total. The molecule has 2 rings (SSSR count). The minimum atomic E-state index is 0.0334. The molecule has 104 valence electrons. The number of Topliss-reactive ketones (excluding diaryl/α,β-unsaturated/α-hetero) is 1. The molecule has 2 aromatic carbocycles. The lowest BCUT2D eigenvalue weighted by Gasteiger charge is -2.09. The first-order valence-electron chi connectivity index (χ1n) is 6.19. The van der Waals surface area contributed by atoms with Crippen LogP contribution in [0.25, 0.3) is 0 Å². The van der Waals surface area contributed by atoms with E-state index >= 15 is 0 Å². The van der Waals surface area contributed by atoms with Crippen LogP contribution in [0, 0.1) is 0 Å². The molecule has 0 N–H and O–H groups in total. The average Bonchev–Trinajstić information content (AvgIpc) is 2.48. The lowest BCUT2D eigenvalue weighted by atomic mass is 10.1. The van der Waals surface area contributed by atoms with Crippen molar-refractivity contribution in [3.05, 3.63) is 54.1 Å². The fourth-order valence-corrected chi connectivity index (χ4v) is 1.62. The second kappa shape index (κ2) is 6.61. The van der Waals surface area contributed by atoms with Crippen molar-refractivity contribution in [1.29, 1.82) is 0 Å². The largest absolute Gasteiger partial charge is 0.497 e. The second-order valence-corrected chi connectivity index (χ2v) is 4.16. The summed E-state index contributed by atoms with van der Waals surface area (Å²) in [5.74, 6) is 2.17. The predicted octanol–water partition coefficient (Wildman–Crippen LogP) is 3.31. The Labute approximate surface area is 117 Å². The van der Waals surface area contributed by atoms with Crippen LogP contribution in [0.1, 0.15) is 17.3 Å². The van der Waals surface area contributed by atoms with Crippen molar-refractivity contribution in [2.24, 2.45) is 0 Å². The van der Waals surface area contributed by atoms with Gasteiger partial charge in [0.15, 0.2) is 5.78 Å². The Morgan fingerprint density at radius 1 is 0.850 bits per heavy atom. The molecule has 0 saturated heterocycles. The maximum atomic E-state index is 11.1. The van der Waals surface area contributed by atoms with E-state index in [1.807, 2.05) is 12.1 Å². The molecule has 0 aliphatic rings. The predicted molar refractivity (Wildman–Crippen MR) is 75.6 cm³/mol. The quantitative estimate of drug-likeness (QED) is 0.598. The zero-order chi connectivity index (χ0) is 14.4. The van der Waals surface area contributed by atoms with Crippen LogP contribution in [0.2, 0.25) is 0 Å². The summed E-state index contributed by atoms with van der Waals surface area (Å²) in [7, 11) is 1.61. The molecular weight excluding hydrogens is 256 g/mol. The highest BCUT2D eigenvalue weighted by molar-refractivity contribution is 5.94. The van der Waals surface area contributed by atoms with Gasteiger partial charge in [-0.2, -0.15) is 0 Å². The van der Waals surface area contributed by atoms with Gasteiger partial charge in [-0.05, 0) is 55.5 Å². The summed E-state index contributed by atoms with van der Waals surface area (Å²) >= 11 is 0. The first-order chi connectivity index (χ1) is 9.69. The topological polar surface area (TPSA) is 44.8 Å². The Bertz CT molecular complexity index is 558. The second-order valence-electron chi connectivity index (χ2n) is 4.16. The van der Waals surface area contributed by atoms with E-state index in [0.717, 1.165) is 5.75 Å². The molecule has 0 unspecified atom stereocenters. The lowest BCUT2D eigenvalue weighted by molar-refractivity contribution is 0.101. The van der Waals surface area contributed by atoms with Gasteiger partial charge in [-0.1, -0.05) is 0 Å². The van der Waals surface area contributed by atoms with E-state index in [0.29, 0.717) is 17.1 Å². The lowest BCUT2D eigenvalue weighted by Crippen LogP contribution is -2.05. The van der Waals surface area contributed by atoms with Crippen molar-refractivity contribution in [1.82, 2.24) is 0 Å². The first-order valence-corrected chi connectivity index (χ1v) is 6.19. The van der Waals surface area contributed by atoms with Gasteiger partial charge in [0.2, 0.25) is 6.79 Å². The summed E-state index contributed by atoms with van der Waals surface area (Å²) in [4.78, 5) is 11.1. The van der Waals surface area contributed by atoms with Crippen LogP contribution in [0.3, 0.4) is 0 Å². The van der Waals surface area contributed by atoms with Crippen LogP contribution >= 0.6 is 0 Å². The summed E-state index contributed by atoms with van der Waals surface area (Å²) in [5.41, 5.74) is 0.661. The number of benzene rings is 2.